The van der Waals surface area contributed by atoms with Crippen LogP contribution in [0.5, 0.6) is 0 Å². The molecule has 0 fully saturated rings. The maximum atomic E-state index is 12.7. The highest BCUT2D eigenvalue weighted by Gasteiger charge is 2.17. The first-order valence-corrected chi connectivity index (χ1v) is 9.35. The topological polar surface area (TPSA) is 86.9 Å². The number of rotatable bonds is 4. The van der Waals surface area contributed by atoms with Gasteiger partial charge in [-0.25, -0.2) is 4.98 Å². The van der Waals surface area contributed by atoms with Crippen LogP contribution in [0.2, 0.25) is 0 Å². The normalized spacial score (nSPS) is 15.1. The molecule has 6 nitrogen and oxygen atoms in total. The van der Waals surface area contributed by atoms with Crippen LogP contribution >= 0.6 is 0 Å². The van der Waals surface area contributed by atoms with Crippen molar-refractivity contribution in [1.82, 2.24) is 15.3 Å². The third kappa shape index (κ3) is 3.53. The lowest BCUT2D eigenvalue weighted by Gasteiger charge is -2.16. The van der Waals surface area contributed by atoms with Crippen molar-refractivity contribution in [2.75, 3.05) is 5.32 Å². The second-order valence-electron chi connectivity index (χ2n) is 7.14. The number of H-pyrrole nitrogens is 1. The molecule has 0 saturated carbocycles. The van der Waals surface area contributed by atoms with Gasteiger partial charge in [-0.15, -0.1) is 0 Å². The van der Waals surface area contributed by atoms with E-state index in [0.717, 1.165) is 27.6 Å². The number of carbonyl (C=O) groups is 2. The lowest BCUT2D eigenvalue weighted by Crippen LogP contribution is -2.27. The average Bonchev–Trinajstić information content (AvgIpc) is 3.12. The molecule has 6 heteroatoms. The van der Waals surface area contributed by atoms with Crippen molar-refractivity contribution >= 4 is 34.6 Å². The molecule has 0 radical (unpaired) electrons. The average molecular weight is 374 g/mol. The number of benzene rings is 1. The number of para-hydroxylation sites is 1. The number of hydrogen-bond donors (Lipinski definition) is 3. The van der Waals surface area contributed by atoms with Gasteiger partial charge in [0, 0.05) is 35.3 Å². The summed E-state index contributed by atoms with van der Waals surface area (Å²) in [5.74, 6) is 0.484. The number of fused-ring (bicyclic) bond motifs is 2. The fourth-order valence-corrected chi connectivity index (χ4v) is 3.51. The predicted octanol–water partition coefficient (Wildman–Crippen LogP) is 3.73. The highest BCUT2D eigenvalue weighted by atomic mass is 16.2. The first-order chi connectivity index (χ1) is 13.5. The quantitative estimate of drug-likeness (QED) is 0.608. The molecule has 0 saturated heterocycles. The van der Waals surface area contributed by atoms with Crippen molar-refractivity contribution in [1.29, 1.82) is 0 Å². The minimum absolute atomic E-state index is 0.00915. The van der Waals surface area contributed by atoms with E-state index >= 15 is 0 Å². The van der Waals surface area contributed by atoms with Gasteiger partial charge in [-0.2, -0.15) is 0 Å². The van der Waals surface area contributed by atoms with E-state index in [1.54, 1.807) is 13.1 Å². The van der Waals surface area contributed by atoms with Gasteiger partial charge >= 0.3 is 0 Å². The number of aryl methyl sites for hydroxylation is 1. The molecule has 1 aliphatic rings. The van der Waals surface area contributed by atoms with E-state index in [9.17, 15) is 9.59 Å². The smallest absolute Gasteiger partial charge is 0.247 e. The summed E-state index contributed by atoms with van der Waals surface area (Å²) in [5.41, 5.74) is 4.56. The molecule has 0 bridgehead atoms. The molecule has 3 aromatic rings. The SMILES string of the molecule is CC(=Cc1cnc2c(c1)CCC(=O)N2)C(=O)NC(C)c1c[nH]c2ccccc12. The Hall–Kier alpha value is -3.41. The maximum absolute atomic E-state index is 12.7. The Labute approximate surface area is 163 Å². The number of pyridine rings is 1. The van der Waals surface area contributed by atoms with Crippen LogP contribution in [-0.4, -0.2) is 21.8 Å². The van der Waals surface area contributed by atoms with Crippen LogP contribution in [0.25, 0.3) is 17.0 Å². The minimum Gasteiger partial charge on any atom is -0.361 e. The van der Waals surface area contributed by atoms with Crippen LogP contribution < -0.4 is 10.6 Å². The summed E-state index contributed by atoms with van der Waals surface area (Å²) in [4.78, 5) is 31.6. The molecule has 0 aliphatic carbocycles. The molecule has 142 valence electrons. The van der Waals surface area contributed by atoms with Gasteiger partial charge in [-0.3, -0.25) is 9.59 Å². The molecular weight excluding hydrogens is 352 g/mol. The first-order valence-electron chi connectivity index (χ1n) is 9.35. The number of carbonyl (C=O) groups excluding carboxylic acids is 2. The molecule has 1 aromatic carbocycles. The van der Waals surface area contributed by atoms with Gasteiger partial charge in [0.05, 0.1) is 6.04 Å². The van der Waals surface area contributed by atoms with Crippen LogP contribution in [-0.2, 0) is 16.0 Å². The molecule has 2 amide bonds. The molecule has 1 unspecified atom stereocenters. The molecule has 0 spiro atoms. The monoisotopic (exact) mass is 374 g/mol. The highest BCUT2D eigenvalue weighted by Crippen LogP contribution is 2.25. The second kappa shape index (κ2) is 7.31. The summed E-state index contributed by atoms with van der Waals surface area (Å²) in [6.45, 7) is 3.77. The molecule has 28 heavy (non-hydrogen) atoms. The van der Waals surface area contributed by atoms with Crippen molar-refractivity contribution in [2.24, 2.45) is 0 Å². The molecule has 4 rings (SSSR count). The van der Waals surface area contributed by atoms with Gasteiger partial charge < -0.3 is 15.6 Å². The number of aromatic nitrogens is 2. The predicted molar refractivity (Wildman–Crippen MR) is 110 cm³/mol. The van der Waals surface area contributed by atoms with E-state index in [0.29, 0.717) is 24.2 Å². The summed E-state index contributed by atoms with van der Waals surface area (Å²) in [6.07, 6.45) is 6.56. The fourth-order valence-electron chi connectivity index (χ4n) is 3.51. The number of nitrogens with zero attached hydrogens (tertiary/aromatic N) is 1. The molecule has 1 atom stereocenters. The Morgan fingerprint density at radius 1 is 1.29 bits per heavy atom. The third-order valence-electron chi connectivity index (χ3n) is 5.04. The summed E-state index contributed by atoms with van der Waals surface area (Å²) in [7, 11) is 0. The number of amides is 2. The van der Waals surface area contributed by atoms with Crippen LogP contribution in [0.1, 0.15) is 43.0 Å². The molecule has 1 aliphatic heterocycles. The first kappa shape index (κ1) is 18.0. The molecular formula is C22H22N4O2. The van der Waals surface area contributed by atoms with E-state index in [1.807, 2.05) is 49.5 Å². The largest absolute Gasteiger partial charge is 0.361 e. The van der Waals surface area contributed by atoms with Gasteiger partial charge in [0.1, 0.15) is 5.82 Å². The summed E-state index contributed by atoms with van der Waals surface area (Å²) in [5, 5.41) is 6.93. The van der Waals surface area contributed by atoms with Gasteiger partial charge in [0.2, 0.25) is 11.8 Å². The highest BCUT2D eigenvalue weighted by molar-refractivity contribution is 5.98. The van der Waals surface area contributed by atoms with Crippen molar-refractivity contribution < 1.29 is 9.59 Å². The van der Waals surface area contributed by atoms with Crippen LogP contribution in [0, 0.1) is 0 Å². The fraction of sp³-hybridized carbons (Fsp3) is 0.227. The zero-order valence-corrected chi connectivity index (χ0v) is 15.9. The van der Waals surface area contributed by atoms with Gasteiger partial charge in [0.15, 0.2) is 0 Å². The third-order valence-corrected chi connectivity index (χ3v) is 5.04. The number of hydrogen-bond acceptors (Lipinski definition) is 3. The molecule has 3 N–H and O–H groups in total. The summed E-state index contributed by atoms with van der Waals surface area (Å²) >= 11 is 0. The van der Waals surface area contributed by atoms with Crippen molar-refractivity contribution in [3.05, 3.63) is 65.0 Å². The van der Waals surface area contributed by atoms with E-state index in [1.165, 1.54) is 0 Å². The van der Waals surface area contributed by atoms with Crippen LogP contribution in [0.15, 0.2) is 48.3 Å². The van der Waals surface area contributed by atoms with E-state index < -0.39 is 0 Å². The van der Waals surface area contributed by atoms with Crippen molar-refractivity contribution in [2.45, 2.75) is 32.7 Å². The van der Waals surface area contributed by atoms with Crippen molar-refractivity contribution in [3.63, 3.8) is 0 Å². The van der Waals surface area contributed by atoms with Crippen LogP contribution in [0.4, 0.5) is 5.82 Å². The summed E-state index contributed by atoms with van der Waals surface area (Å²) in [6, 6.07) is 9.89. The Morgan fingerprint density at radius 2 is 2.11 bits per heavy atom. The summed E-state index contributed by atoms with van der Waals surface area (Å²) < 4.78 is 0. The zero-order valence-electron chi connectivity index (χ0n) is 15.9. The zero-order chi connectivity index (χ0) is 19.7. The maximum Gasteiger partial charge on any atom is 0.247 e. The van der Waals surface area contributed by atoms with E-state index in [2.05, 4.69) is 20.6 Å². The Morgan fingerprint density at radius 3 is 2.96 bits per heavy atom. The lowest BCUT2D eigenvalue weighted by molar-refractivity contribution is -0.118. The molecule has 2 aromatic heterocycles. The minimum atomic E-state index is -0.121. The van der Waals surface area contributed by atoms with E-state index in [4.69, 9.17) is 0 Å². The van der Waals surface area contributed by atoms with Crippen LogP contribution in [0.3, 0.4) is 0 Å². The second-order valence-corrected chi connectivity index (χ2v) is 7.14. The standard InChI is InChI=1S/C22H22N4O2/c1-13(9-15-10-16-7-8-20(27)26-21(16)24-11-15)22(28)25-14(2)18-12-23-19-6-4-3-5-17(18)19/h3-6,9-12,14,23H,7-8H2,1-2H3,(H,25,28)(H,24,26,27). The van der Waals surface area contributed by atoms with Crippen molar-refractivity contribution in [3.8, 4) is 0 Å². The van der Waals surface area contributed by atoms with Gasteiger partial charge in [-0.1, -0.05) is 18.2 Å². The number of nitrogens with one attached hydrogen (secondary N) is 3. The Kier molecular flexibility index (Phi) is 4.69. The molecule has 3 heterocycles. The van der Waals surface area contributed by atoms with Gasteiger partial charge in [0.25, 0.3) is 0 Å². The van der Waals surface area contributed by atoms with Gasteiger partial charge in [-0.05, 0) is 55.2 Å². The Balaban J connectivity index is 1.49. The number of aromatic amines is 1. The van der Waals surface area contributed by atoms with E-state index in [-0.39, 0.29) is 17.9 Å². The number of anilines is 1. The Bertz CT molecular complexity index is 1100. The lowest BCUT2D eigenvalue weighted by atomic mass is 10.0.